The van der Waals surface area contributed by atoms with Crippen molar-refractivity contribution in [2.45, 2.75) is 62.8 Å². The maximum atomic E-state index is 11.2. The van der Waals surface area contributed by atoms with E-state index in [1.165, 1.54) is 5.56 Å². The molecule has 8 nitrogen and oxygen atoms in total. The SMILES string of the molecule is C#CCCCCc1cccc(-c2ccc(O[C@H]3O[C@H](CCP(=O)(O)O)[C@@H](O)[C@H](O)[C@@H]3O)cc2)c1. The lowest BCUT2D eigenvalue weighted by molar-refractivity contribution is -0.272. The number of aliphatic hydroxyl groups excluding tert-OH is 3. The maximum Gasteiger partial charge on any atom is 0.325 e. The normalized spacial score (nSPS) is 25.0. The van der Waals surface area contributed by atoms with E-state index in [0.29, 0.717) is 5.75 Å². The Morgan fingerprint density at radius 2 is 1.71 bits per heavy atom. The van der Waals surface area contributed by atoms with Gasteiger partial charge in [-0.05, 0) is 54.5 Å². The van der Waals surface area contributed by atoms with Gasteiger partial charge in [-0.2, -0.15) is 0 Å². The van der Waals surface area contributed by atoms with Gasteiger partial charge in [0.05, 0.1) is 12.3 Å². The second-order valence-corrected chi connectivity index (χ2v) is 10.2. The lowest BCUT2D eigenvalue weighted by Crippen LogP contribution is -2.59. The molecule has 9 heteroatoms. The maximum absolute atomic E-state index is 11.2. The summed E-state index contributed by atoms with van der Waals surface area (Å²) in [4.78, 5) is 18.2. The molecule has 3 rings (SSSR count). The van der Waals surface area contributed by atoms with Gasteiger partial charge in [0.1, 0.15) is 24.1 Å². The van der Waals surface area contributed by atoms with Gasteiger partial charge in [-0.15, -0.1) is 12.3 Å². The summed E-state index contributed by atoms with van der Waals surface area (Å²) in [7, 11) is -4.31. The van der Waals surface area contributed by atoms with Gasteiger partial charge in [0, 0.05) is 6.42 Å². The van der Waals surface area contributed by atoms with Crippen LogP contribution in [0.1, 0.15) is 31.2 Å². The minimum Gasteiger partial charge on any atom is -0.462 e. The molecule has 0 saturated carbocycles. The van der Waals surface area contributed by atoms with Crippen LogP contribution in [0.5, 0.6) is 5.75 Å². The van der Waals surface area contributed by atoms with E-state index < -0.39 is 44.5 Å². The van der Waals surface area contributed by atoms with E-state index in [2.05, 4.69) is 18.1 Å². The van der Waals surface area contributed by atoms with Crippen molar-refractivity contribution in [3.63, 3.8) is 0 Å². The van der Waals surface area contributed by atoms with Gasteiger partial charge >= 0.3 is 7.60 Å². The Hall–Kier alpha value is -2.21. The molecular weight excluding hydrogens is 459 g/mol. The quantitative estimate of drug-likeness (QED) is 0.195. The summed E-state index contributed by atoms with van der Waals surface area (Å²) in [6.07, 6.45) is 1.30. The van der Waals surface area contributed by atoms with E-state index in [4.69, 9.17) is 25.7 Å². The number of hydrogen-bond acceptors (Lipinski definition) is 6. The van der Waals surface area contributed by atoms with Gasteiger partial charge in [0.2, 0.25) is 6.29 Å². The molecule has 0 radical (unpaired) electrons. The molecule has 2 aromatic rings. The van der Waals surface area contributed by atoms with Crippen LogP contribution in [0.15, 0.2) is 48.5 Å². The molecule has 0 aromatic heterocycles. The lowest BCUT2D eigenvalue weighted by atomic mass is 9.97. The van der Waals surface area contributed by atoms with Crippen molar-refractivity contribution in [1.82, 2.24) is 0 Å². The summed E-state index contributed by atoms with van der Waals surface area (Å²) < 4.78 is 22.4. The minimum atomic E-state index is -4.31. The first kappa shape index (κ1) is 26.4. The van der Waals surface area contributed by atoms with E-state index in [1.807, 2.05) is 24.3 Å². The summed E-state index contributed by atoms with van der Waals surface area (Å²) in [5.74, 6) is 3.02. The van der Waals surface area contributed by atoms with Crippen LogP contribution < -0.4 is 4.74 Å². The highest BCUT2D eigenvalue weighted by atomic mass is 31.2. The fraction of sp³-hybridized carbons (Fsp3) is 0.440. The van der Waals surface area contributed by atoms with Crippen molar-refractivity contribution in [2.24, 2.45) is 0 Å². The van der Waals surface area contributed by atoms with Gasteiger partial charge in [0.15, 0.2) is 0 Å². The zero-order chi connectivity index (χ0) is 24.7. The number of terminal acetylenes is 1. The van der Waals surface area contributed by atoms with E-state index >= 15 is 0 Å². The minimum absolute atomic E-state index is 0.201. The van der Waals surface area contributed by atoms with Gasteiger partial charge in [0.25, 0.3) is 0 Å². The van der Waals surface area contributed by atoms with Crippen molar-refractivity contribution in [3.05, 3.63) is 54.1 Å². The number of aryl methyl sites for hydroxylation is 1. The number of aliphatic hydroxyl groups is 3. The zero-order valence-corrected chi connectivity index (χ0v) is 19.6. The molecule has 0 amide bonds. The van der Waals surface area contributed by atoms with Gasteiger partial charge in [-0.1, -0.05) is 36.4 Å². The molecule has 184 valence electrons. The van der Waals surface area contributed by atoms with Crippen LogP contribution in [0.4, 0.5) is 0 Å². The first-order chi connectivity index (χ1) is 16.2. The van der Waals surface area contributed by atoms with E-state index in [-0.39, 0.29) is 6.42 Å². The Labute approximate surface area is 199 Å². The average Bonchev–Trinajstić information content (AvgIpc) is 2.81. The summed E-state index contributed by atoms with van der Waals surface area (Å²) in [6.45, 7) is 0. The third-order valence-corrected chi connectivity index (χ3v) is 6.62. The highest BCUT2D eigenvalue weighted by Crippen LogP contribution is 2.37. The summed E-state index contributed by atoms with van der Waals surface area (Å²) in [6, 6.07) is 15.4. The largest absolute Gasteiger partial charge is 0.462 e. The molecule has 2 aromatic carbocycles. The third-order valence-electron chi connectivity index (χ3n) is 5.78. The molecule has 34 heavy (non-hydrogen) atoms. The Balaban J connectivity index is 1.64. The van der Waals surface area contributed by atoms with Crippen LogP contribution in [0.3, 0.4) is 0 Å². The van der Waals surface area contributed by atoms with Crippen molar-refractivity contribution in [2.75, 3.05) is 6.16 Å². The fourth-order valence-corrected chi connectivity index (χ4v) is 4.46. The Bertz CT molecular complexity index is 1010. The molecule has 5 N–H and O–H groups in total. The monoisotopic (exact) mass is 490 g/mol. The smallest absolute Gasteiger partial charge is 0.325 e. The van der Waals surface area contributed by atoms with Crippen LogP contribution in [-0.4, -0.2) is 62.0 Å². The van der Waals surface area contributed by atoms with Crippen LogP contribution in [-0.2, 0) is 15.7 Å². The Morgan fingerprint density at radius 1 is 0.971 bits per heavy atom. The molecule has 0 bridgehead atoms. The molecule has 1 aliphatic heterocycles. The number of benzene rings is 2. The number of hydrogen-bond donors (Lipinski definition) is 5. The molecule has 0 unspecified atom stereocenters. The van der Waals surface area contributed by atoms with Gasteiger partial charge in [-0.3, -0.25) is 4.57 Å². The first-order valence-corrected chi connectivity index (χ1v) is 13.0. The van der Waals surface area contributed by atoms with Crippen LogP contribution >= 0.6 is 7.60 Å². The predicted molar refractivity (Wildman–Crippen MR) is 127 cm³/mol. The third kappa shape index (κ3) is 7.39. The molecule has 0 spiro atoms. The number of rotatable bonds is 10. The summed E-state index contributed by atoms with van der Waals surface area (Å²) in [5.41, 5.74) is 3.24. The standard InChI is InChI=1S/C25H31O8P/c1-2-3-4-5-7-17-8-6-9-19(16-17)18-10-12-20(13-11-18)32-25-24(28)23(27)22(26)21(33-25)14-15-34(29,30)31/h1,6,8-13,16,21-28H,3-5,7,14-15H2,(H2,29,30,31)/t21-,22-,23+,24+,25+/m1/s1. The van der Waals surface area contributed by atoms with E-state index in [9.17, 15) is 19.9 Å². The first-order valence-electron chi connectivity index (χ1n) is 11.2. The number of unbranched alkanes of at least 4 members (excludes halogenated alkanes) is 2. The lowest BCUT2D eigenvalue weighted by Gasteiger charge is -2.40. The summed E-state index contributed by atoms with van der Waals surface area (Å²) >= 11 is 0. The van der Waals surface area contributed by atoms with E-state index in [0.717, 1.165) is 36.8 Å². The highest BCUT2D eigenvalue weighted by Gasteiger charge is 2.45. The molecule has 1 aliphatic rings. The van der Waals surface area contributed by atoms with Crippen molar-refractivity contribution in [3.8, 4) is 29.2 Å². The molecule has 0 aliphatic carbocycles. The molecule has 1 fully saturated rings. The Morgan fingerprint density at radius 3 is 2.38 bits per heavy atom. The van der Waals surface area contributed by atoms with Gasteiger partial charge < -0.3 is 34.6 Å². The highest BCUT2D eigenvalue weighted by molar-refractivity contribution is 7.51. The predicted octanol–water partition coefficient (Wildman–Crippen LogP) is 2.45. The summed E-state index contributed by atoms with van der Waals surface area (Å²) in [5, 5.41) is 30.5. The second kappa shape index (κ2) is 12.0. The second-order valence-electron chi connectivity index (χ2n) is 8.45. The molecule has 5 atom stereocenters. The van der Waals surface area contributed by atoms with Crippen LogP contribution in [0.25, 0.3) is 11.1 Å². The van der Waals surface area contributed by atoms with Crippen molar-refractivity contribution in [1.29, 1.82) is 0 Å². The number of ether oxygens (including phenoxy) is 2. The average molecular weight is 490 g/mol. The fourth-order valence-electron chi connectivity index (χ4n) is 3.87. The van der Waals surface area contributed by atoms with E-state index in [1.54, 1.807) is 12.1 Å². The van der Waals surface area contributed by atoms with Crippen LogP contribution in [0.2, 0.25) is 0 Å². The topological polar surface area (TPSA) is 137 Å². The van der Waals surface area contributed by atoms with Crippen molar-refractivity contribution < 1.29 is 39.1 Å². The molecule has 1 heterocycles. The molecule has 1 saturated heterocycles. The Kier molecular flexibility index (Phi) is 9.29. The van der Waals surface area contributed by atoms with Gasteiger partial charge in [-0.25, -0.2) is 0 Å². The molecular formula is C25H31O8P. The zero-order valence-electron chi connectivity index (χ0n) is 18.7. The van der Waals surface area contributed by atoms with Crippen molar-refractivity contribution >= 4 is 7.60 Å². The van der Waals surface area contributed by atoms with Crippen LogP contribution in [0, 0.1) is 12.3 Å².